The minimum Gasteiger partial charge on any atom is -0.381 e. The van der Waals surface area contributed by atoms with Crippen molar-refractivity contribution in [3.05, 3.63) is 52.3 Å². The van der Waals surface area contributed by atoms with Gasteiger partial charge in [-0.2, -0.15) is 9.29 Å². The summed E-state index contributed by atoms with van der Waals surface area (Å²) in [6.07, 6.45) is 2.23. The van der Waals surface area contributed by atoms with Crippen LogP contribution in [-0.2, 0) is 16.6 Å². The molecule has 0 unspecified atom stereocenters. The molecule has 3 rings (SSSR count). The van der Waals surface area contributed by atoms with Crippen molar-refractivity contribution in [2.45, 2.75) is 37.2 Å². The van der Waals surface area contributed by atoms with E-state index in [0.717, 1.165) is 16.3 Å². The molecular formula is C16H19FN4O3S. The van der Waals surface area contributed by atoms with E-state index in [0.29, 0.717) is 19.4 Å². The van der Waals surface area contributed by atoms with E-state index in [4.69, 9.17) is 5.73 Å². The predicted octanol–water partition coefficient (Wildman–Crippen LogP) is 1.13. The smallest absolute Gasteiger partial charge is 0.349 e. The number of nitrogens with zero attached hydrogens (tertiary/aromatic N) is 3. The monoisotopic (exact) mass is 366 g/mol. The normalized spacial score (nSPS) is 18.6. The van der Waals surface area contributed by atoms with Gasteiger partial charge in [-0.25, -0.2) is 17.6 Å². The van der Waals surface area contributed by atoms with Crippen molar-refractivity contribution in [3.63, 3.8) is 0 Å². The lowest BCUT2D eigenvalue weighted by molar-refractivity contribution is 0.345. The largest absolute Gasteiger partial charge is 0.381 e. The zero-order valence-electron chi connectivity index (χ0n) is 13.7. The third-order valence-electron chi connectivity index (χ3n) is 4.33. The molecule has 0 radical (unpaired) electrons. The van der Waals surface area contributed by atoms with Crippen molar-refractivity contribution in [2.24, 2.45) is 0 Å². The lowest BCUT2D eigenvalue weighted by Crippen LogP contribution is -2.40. The van der Waals surface area contributed by atoms with E-state index in [1.165, 1.54) is 4.31 Å². The summed E-state index contributed by atoms with van der Waals surface area (Å²) < 4.78 is 41.8. The zero-order chi connectivity index (χ0) is 18.2. The van der Waals surface area contributed by atoms with E-state index in [1.54, 1.807) is 24.3 Å². The molecule has 9 heteroatoms. The van der Waals surface area contributed by atoms with E-state index < -0.39 is 33.4 Å². The molecule has 25 heavy (non-hydrogen) atoms. The second kappa shape index (κ2) is 6.57. The van der Waals surface area contributed by atoms with Crippen molar-refractivity contribution in [3.8, 4) is 0 Å². The highest BCUT2D eigenvalue weighted by atomic mass is 32.2. The van der Waals surface area contributed by atoms with Crippen LogP contribution in [0.3, 0.4) is 0 Å². The molecule has 0 aliphatic carbocycles. The topological polar surface area (TPSA) is 98.3 Å². The maximum atomic E-state index is 13.6. The Kier molecular flexibility index (Phi) is 4.61. The van der Waals surface area contributed by atoms with Gasteiger partial charge in [-0.15, -0.1) is 0 Å². The molecule has 2 N–H and O–H groups in total. The average molecular weight is 366 g/mol. The summed E-state index contributed by atoms with van der Waals surface area (Å²) >= 11 is 0. The molecule has 7 nitrogen and oxygen atoms in total. The number of nitrogens with two attached hydrogens (primary N) is 1. The number of rotatable bonds is 4. The maximum absolute atomic E-state index is 13.6. The van der Waals surface area contributed by atoms with Crippen molar-refractivity contribution < 1.29 is 12.8 Å². The van der Waals surface area contributed by atoms with Crippen LogP contribution in [-0.4, -0.2) is 34.9 Å². The van der Waals surface area contributed by atoms with Gasteiger partial charge in [-0.3, -0.25) is 4.57 Å². The Morgan fingerprint density at radius 2 is 2.00 bits per heavy atom. The molecule has 1 aliphatic heterocycles. The molecule has 1 aromatic carbocycles. The van der Waals surface area contributed by atoms with Gasteiger partial charge in [0.1, 0.15) is 0 Å². The highest BCUT2D eigenvalue weighted by Gasteiger charge is 2.35. The maximum Gasteiger partial charge on any atom is 0.349 e. The molecular weight excluding hydrogens is 347 g/mol. The van der Waals surface area contributed by atoms with Gasteiger partial charge in [0.15, 0.2) is 11.6 Å². The molecule has 0 bridgehead atoms. The van der Waals surface area contributed by atoms with Crippen LogP contribution in [0.1, 0.15) is 18.4 Å². The predicted molar refractivity (Wildman–Crippen MR) is 91.0 cm³/mol. The first kappa shape index (κ1) is 17.6. The second-order valence-electron chi connectivity index (χ2n) is 6.13. The highest BCUT2D eigenvalue weighted by Crippen LogP contribution is 2.27. The fraction of sp³-hybridized carbons (Fsp3) is 0.375. The summed E-state index contributed by atoms with van der Waals surface area (Å²) in [4.78, 5) is 15.5. The minimum absolute atomic E-state index is 0.0358. The molecule has 2 heterocycles. The van der Waals surface area contributed by atoms with Gasteiger partial charge in [0, 0.05) is 25.3 Å². The van der Waals surface area contributed by atoms with Crippen molar-refractivity contribution in [1.29, 1.82) is 0 Å². The molecule has 1 aromatic heterocycles. The summed E-state index contributed by atoms with van der Waals surface area (Å²) in [5.74, 6) is -1.26. The van der Waals surface area contributed by atoms with Gasteiger partial charge in [-0.1, -0.05) is 17.7 Å². The van der Waals surface area contributed by atoms with Crippen molar-refractivity contribution in [1.82, 2.24) is 13.9 Å². The summed E-state index contributed by atoms with van der Waals surface area (Å²) in [5, 5.41) is 0. The molecule has 134 valence electrons. The lowest BCUT2D eigenvalue weighted by atomic mass is 10.2. The first-order valence-corrected chi connectivity index (χ1v) is 9.34. The van der Waals surface area contributed by atoms with E-state index >= 15 is 0 Å². The quantitative estimate of drug-likeness (QED) is 0.874. The van der Waals surface area contributed by atoms with Crippen LogP contribution in [0.5, 0.6) is 0 Å². The number of sulfonamides is 1. The Morgan fingerprint density at radius 1 is 1.32 bits per heavy atom. The first-order chi connectivity index (χ1) is 11.8. The fourth-order valence-corrected chi connectivity index (χ4v) is 4.68. The fourth-order valence-electron chi connectivity index (χ4n) is 2.99. The number of hydrogen-bond donors (Lipinski definition) is 1. The molecule has 0 amide bonds. The standard InChI is InChI=1S/C16H19FN4O3S/c1-11-4-6-13(7-5-11)25(23,24)21-8-2-3-12(21)9-20-10-14(17)15(18)19-16(20)22/h4-7,10,12H,2-3,8-9H2,1H3,(H2,18,19,22)/t12-/m0/s1. The molecule has 1 aliphatic rings. The molecule has 0 saturated carbocycles. The SMILES string of the molecule is Cc1ccc(S(=O)(=O)N2CCC[C@H]2Cn2cc(F)c(N)nc2=O)cc1. The van der Waals surface area contributed by atoms with E-state index in [1.807, 2.05) is 6.92 Å². The number of anilines is 1. The summed E-state index contributed by atoms with van der Waals surface area (Å²) in [6.45, 7) is 2.28. The Labute approximate surface area is 145 Å². The Balaban J connectivity index is 1.89. The number of halogens is 1. The van der Waals surface area contributed by atoms with E-state index in [9.17, 15) is 17.6 Å². The second-order valence-corrected chi connectivity index (χ2v) is 8.02. The van der Waals surface area contributed by atoms with Crippen LogP contribution in [0.4, 0.5) is 10.2 Å². The van der Waals surface area contributed by atoms with Gasteiger partial charge in [0.2, 0.25) is 10.0 Å². The van der Waals surface area contributed by atoms with E-state index in [-0.39, 0.29) is 11.4 Å². The first-order valence-electron chi connectivity index (χ1n) is 7.90. The number of nitrogen functional groups attached to an aromatic ring is 1. The van der Waals surface area contributed by atoms with Gasteiger partial charge in [0.25, 0.3) is 0 Å². The van der Waals surface area contributed by atoms with Crippen LogP contribution in [0.25, 0.3) is 0 Å². The summed E-state index contributed by atoms with van der Waals surface area (Å²) in [7, 11) is -3.68. The zero-order valence-corrected chi connectivity index (χ0v) is 14.5. The molecule has 1 fully saturated rings. The average Bonchev–Trinajstić information content (AvgIpc) is 3.02. The molecule has 1 saturated heterocycles. The van der Waals surface area contributed by atoms with Crippen molar-refractivity contribution >= 4 is 15.8 Å². The third kappa shape index (κ3) is 3.42. The van der Waals surface area contributed by atoms with Gasteiger partial charge < -0.3 is 5.73 Å². The highest BCUT2D eigenvalue weighted by molar-refractivity contribution is 7.89. The Hall–Kier alpha value is -2.26. The van der Waals surface area contributed by atoms with Crippen LogP contribution in [0.15, 0.2) is 40.2 Å². The Morgan fingerprint density at radius 3 is 2.68 bits per heavy atom. The van der Waals surface area contributed by atoms with Gasteiger partial charge in [0.05, 0.1) is 4.90 Å². The molecule has 1 atom stereocenters. The number of benzene rings is 1. The summed E-state index contributed by atoms with van der Waals surface area (Å²) in [6, 6.07) is 6.17. The van der Waals surface area contributed by atoms with Crippen LogP contribution in [0.2, 0.25) is 0 Å². The van der Waals surface area contributed by atoms with Crippen molar-refractivity contribution in [2.75, 3.05) is 12.3 Å². The number of aromatic nitrogens is 2. The van der Waals surface area contributed by atoms with Gasteiger partial charge >= 0.3 is 5.69 Å². The number of hydrogen-bond acceptors (Lipinski definition) is 5. The summed E-state index contributed by atoms with van der Waals surface area (Å²) in [5.41, 5.74) is 5.55. The minimum atomic E-state index is -3.68. The molecule has 0 spiro atoms. The van der Waals surface area contributed by atoms with Crippen LogP contribution < -0.4 is 11.4 Å². The molecule has 2 aromatic rings. The lowest BCUT2D eigenvalue weighted by Gasteiger charge is -2.24. The Bertz CT molecular complexity index is 941. The van der Waals surface area contributed by atoms with E-state index in [2.05, 4.69) is 4.98 Å². The van der Waals surface area contributed by atoms with Crippen LogP contribution >= 0.6 is 0 Å². The van der Waals surface area contributed by atoms with Gasteiger partial charge in [-0.05, 0) is 31.9 Å². The third-order valence-corrected chi connectivity index (χ3v) is 6.30. The van der Waals surface area contributed by atoms with Crippen LogP contribution in [0, 0.1) is 12.7 Å². The number of aryl methyl sites for hydroxylation is 1.